The Morgan fingerprint density at radius 3 is 2.42 bits per heavy atom. The molecular weight excluding hydrogens is 235 g/mol. The molecule has 2 nitrogen and oxygen atoms in total. The van der Waals surface area contributed by atoms with Crippen LogP contribution in [0.2, 0.25) is 6.82 Å². The molecule has 0 aliphatic rings. The molecule has 0 radical (unpaired) electrons. The van der Waals surface area contributed by atoms with Crippen LogP contribution in [0.5, 0.6) is 0 Å². The van der Waals surface area contributed by atoms with E-state index in [1.807, 2.05) is 57.2 Å². The molecule has 1 N–H and O–H groups in total. The summed E-state index contributed by atoms with van der Waals surface area (Å²) >= 11 is 0. The summed E-state index contributed by atoms with van der Waals surface area (Å²) in [6.07, 6.45) is 0. The number of carbonyl (C=O) groups is 1. The van der Waals surface area contributed by atoms with Gasteiger partial charge in [-0.2, -0.15) is 0 Å². The zero-order chi connectivity index (χ0) is 14.2. The van der Waals surface area contributed by atoms with Gasteiger partial charge in [-0.3, -0.25) is 4.79 Å². The fourth-order valence-electron chi connectivity index (χ4n) is 2.15. The molecule has 0 aliphatic heterocycles. The van der Waals surface area contributed by atoms with Crippen molar-refractivity contribution in [2.45, 2.75) is 27.6 Å². The first kappa shape index (κ1) is 13.8. The Morgan fingerprint density at radius 2 is 1.84 bits per heavy atom. The molecule has 0 saturated carbocycles. The number of fused-ring (bicyclic) bond motifs is 1. The van der Waals surface area contributed by atoms with Crippen molar-refractivity contribution < 1.29 is 9.82 Å². The third-order valence-electron chi connectivity index (χ3n) is 3.31. The van der Waals surface area contributed by atoms with Crippen molar-refractivity contribution in [3.05, 3.63) is 42.0 Å². The van der Waals surface area contributed by atoms with Gasteiger partial charge in [-0.05, 0) is 16.2 Å². The van der Waals surface area contributed by atoms with Crippen molar-refractivity contribution >= 4 is 28.9 Å². The van der Waals surface area contributed by atoms with Gasteiger partial charge < -0.3 is 5.02 Å². The fraction of sp³-hybridized carbons (Fsp3) is 0.312. The second-order valence-electron chi connectivity index (χ2n) is 6.04. The lowest BCUT2D eigenvalue weighted by Gasteiger charge is -2.18. The lowest BCUT2D eigenvalue weighted by molar-refractivity contribution is 0.0860. The number of hydrogen-bond acceptors (Lipinski definition) is 2. The van der Waals surface area contributed by atoms with Crippen LogP contribution in [0.1, 0.15) is 31.1 Å². The highest BCUT2D eigenvalue weighted by molar-refractivity contribution is 6.65. The second-order valence-corrected chi connectivity index (χ2v) is 6.04. The Kier molecular flexibility index (Phi) is 3.50. The summed E-state index contributed by atoms with van der Waals surface area (Å²) in [5.74, 6) is 0.126. The maximum atomic E-state index is 12.5. The van der Waals surface area contributed by atoms with E-state index in [4.69, 9.17) is 0 Å². The van der Waals surface area contributed by atoms with E-state index >= 15 is 0 Å². The highest BCUT2D eigenvalue weighted by Gasteiger charge is 2.24. The van der Waals surface area contributed by atoms with Gasteiger partial charge in [-0.1, -0.05) is 64.0 Å². The predicted molar refractivity (Wildman–Crippen MR) is 81.2 cm³/mol. The first-order chi connectivity index (χ1) is 8.80. The largest absolute Gasteiger partial charge is 0.447 e. The number of ketones is 1. The van der Waals surface area contributed by atoms with Crippen LogP contribution in [0, 0.1) is 5.41 Å². The van der Waals surface area contributed by atoms with Gasteiger partial charge in [0.15, 0.2) is 5.78 Å². The summed E-state index contributed by atoms with van der Waals surface area (Å²) in [4.78, 5) is 12.5. The first-order valence-corrected chi connectivity index (χ1v) is 6.56. The van der Waals surface area contributed by atoms with Crippen LogP contribution in [-0.4, -0.2) is 17.7 Å². The topological polar surface area (TPSA) is 37.3 Å². The Hall–Kier alpha value is -1.61. The Balaban J connectivity index is 2.67. The van der Waals surface area contributed by atoms with Crippen LogP contribution < -0.4 is 5.46 Å². The lowest BCUT2D eigenvalue weighted by Crippen LogP contribution is -2.26. The standard InChI is InChI=1S/C16H19BO2/c1-16(2,3)15(18)13-7-5-6-11-8-9-12(17(4)19)10-14(11)13/h5-10,19H,1-4H3. The number of hydrogen-bond donors (Lipinski definition) is 1. The Labute approximate surface area is 114 Å². The summed E-state index contributed by atoms with van der Waals surface area (Å²) in [5, 5.41) is 11.6. The summed E-state index contributed by atoms with van der Waals surface area (Å²) in [6.45, 7) is 6.98. The van der Waals surface area contributed by atoms with Crippen LogP contribution in [0.4, 0.5) is 0 Å². The highest BCUT2D eigenvalue weighted by atomic mass is 16.2. The number of rotatable bonds is 2. The molecule has 0 aliphatic carbocycles. The maximum absolute atomic E-state index is 12.5. The van der Waals surface area contributed by atoms with Gasteiger partial charge in [0.05, 0.1) is 0 Å². The summed E-state index contributed by atoms with van der Waals surface area (Å²) in [6, 6.07) is 11.5. The number of carbonyl (C=O) groups excluding carboxylic acids is 1. The molecule has 0 saturated heterocycles. The minimum Gasteiger partial charge on any atom is -0.447 e. The molecule has 3 heteroatoms. The molecule has 0 amide bonds. The van der Waals surface area contributed by atoms with E-state index in [2.05, 4.69) is 0 Å². The molecule has 0 aromatic heterocycles. The molecular formula is C16H19BO2. The average Bonchev–Trinajstić information content (AvgIpc) is 2.35. The van der Waals surface area contributed by atoms with E-state index in [0.717, 1.165) is 21.8 Å². The van der Waals surface area contributed by atoms with Gasteiger partial charge in [0.25, 0.3) is 0 Å². The fourth-order valence-corrected chi connectivity index (χ4v) is 2.15. The van der Waals surface area contributed by atoms with Crippen molar-refractivity contribution in [3.8, 4) is 0 Å². The molecule has 0 unspecified atom stereocenters. The van der Waals surface area contributed by atoms with Crippen molar-refractivity contribution in [1.82, 2.24) is 0 Å². The minimum absolute atomic E-state index is 0.126. The molecule has 2 aromatic rings. The van der Waals surface area contributed by atoms with Crippen LogP contribution in [0.15, 0.2) is 36.4 Å². The van der Waals surface area contributed by atoms with E-state index < -0.39 is 12.3 Å². The molecule has 0 bridgehead atoms. The van der Waals surface area contributed by atoms with Gasteiger partial charge in [-0.25, -0.2) is 0 Å². The van der Waals surface area contributed by atoms with Crippen LogP contribution in [0.3, 0.4) is 0 Å². The molecule has 0 spiro atoms. The normalized spacial score (nSPS) is 11.6. The SMILES string of the molecule is CB(O)c1ccc2cccc(C(=O)C(C)(C)C)c2c1. The second kappa shape index (κ2) is 4.82. The highest BCUT2D eigenvalue weighted by Crippen LogP contribution is 2.26. The zero-order valence-corrected chi connectivity index (χ0v) is 11.9. The first-order valence-electron chi connectivity index (χ1n) is 6.56. The summed E-state index contributed by atoms with van der Waals surface area (Å²) in [5.41, 5.74) is 1.16. The van der Waals surface area contributed by atoms with Crippen LogP contribution in [-0.2, 0) is 0 Å². The molecule has 0 atom stereocenters. The molecule has 0 fully saturated rings. The Morgan fingerprint density at radius 1 is 1.16 bits per heavy atom. The summed E-state index contributed by atoms with van der Waals surface area (Å²) in [7, 11) is 0. The minimum atomic E-state index is -0.526. The van der Waals surface area contributed by atoms with E-state index in [9.17, 15) is 9.82 Å². The van der Waals surface area contributed by atoms with E-state index in [-0.39, 0.29) is 5.78 Å². The zero-order valence-electron chi connectivity index (χ0n) is 11.9. The third kappa shape index (κ3) is 2.71. The molecule has 98 valence electrons. The average molecular weight is 254 g/mol. The van der Waals surface area contributed by atoms with Gasteiger partial charge in [-0.15, -0.1) is 0 Å². The summed E-state index contributed by atoms with van der Waals surface area (Å²) < 4.78 is 0. The lowest BCUT2D eigenvalue weighted by atomic mass is 9.64. The molecule has 2 rings (SSSR count). The van der Waals surface area contributed by atoms with E-state index in [1.54, 1.807) is 6.82 Å². The van der Waals surface area contributed by atoms with Crippen molar-refractivity contribution in [2.24, 2.45) is 5.41 Å². The quantitative estimate of drug-likeness (QED) is 0.660. The van der Waals surface area contributed by atoms with Crippen LogP contribution in [0.25, 0.3) is 10.8 Å². The van der Waals surface area contributed by atoms with E-state index in [1.165, 1.54) is 0 Å². The Bertz CT molecular complexity index is 624. The van der Waals surface area contributed by atoms with Gasteiger partial charge in [0, 0.05) is 11.0 Å². The number of benzene rings is 2. The molecule has 0 heterocycles. The van der Waals surface area contributed by atoms with Crippen molar-refractivity contribution in [3.63, 3.8) is 0 Å². The predicted octanol–water partition coefficient (Wildman–Crippen LogP) is 2.89. The van der Waals surface area contributed by atoms with Gasteiger partial charge in [0.2, 0.25) is 0 Å². The smallest absolute Gasteiger partial charge is 0.320 e. The van der Waals surface area contributed by atoms with E-state index in [0.29, 0.717) is 0 Å². The maximum Gasteiger partial charge on any atom is 0.320 e. The van der Waals surface area contributed by atoms with Crippen LogP contribution >= 0.6 is 0 Å². The molecule has 2 aromatic carbocycles. The number of Topliss-reactive ketones (excluding diaryl/α,β-unsaturated/α-hetero) is 1. The third-order valence-corrected chi connectivity index (χ3v) is 3.31. The van der Waals surface area contributed by atoms with Crippen molar-refractivity contribution in [1.29, 1.82) is 0 Å². The molecule has 19 heavy (non-hydrogen) atoms. The van der Waals surface area contributed by atoms with Crippen molar-refractivity contribution in [2.75, 3.05) is 0 Å². The van der Waals surface area contributed by atoms with Gasteiger partial charge in [0.1, 0.15) is 0 Å². The monoisotopic (exact) mass is 254 g/mol. The van der Waals surface area contributed by atoms with Gasteiger partial charge >= 0.3 is 6.92 Å².